The van der Waals surface area contributed by atoms with Gasteiger partial charge in [-0.05, 0) is 24.3 Å². The molecule has 0 unspecified atom stereocenters. The highest BCUT2D eigenvalue weighted by Crippen LogP contribution is 2.25. The van der Waals surface area contributed by atoms with Crippen molar-refractivity contribution in [2.24, 2.45) is 5.41 Å². The summed E-state index contributed by atoms with van der Waals surface area (Å²) in [5.41, 5.74) is -0.175. The fourth-order valence-electron chi connectivity index (χ4n) is 1.87. The average Bonchev–Trinajstić information content (AvgIpc) is 2.48. The molecule has 24 heavy (non-hydrogen) atoms. The van der Waals surface area contributed by atoms with Gasteiger partial charge in [-0.3, -0.25) is 9.59 Å². The lowest BCUT2D eigenvalue weighted by Crippen LogP contribution is -2.28. The van der Waals surface area contributed by atoms with Crippen LogP contribution in [-0.2, 0) is 4.79 Å². The first-order valence-corrected chi connectivity index (χ1v) is 7.35. The third-order valence-corrected chi connectivity index (χ3v) is 3.28. The van der Waals surface area contributed by atoms with Crippen LogP contribution in [0.4, 0.5) is 20.2 Å². The molecule has 0 radical (unpaired) electrons. The van der Waals surface area contributed by atoms with Crippen molar-refractivity contribution in [2.75, 3.05) is 10.6 Å². The summed E-state index contributed by atoms with van der Waals surface area (Å²) in [4.78, 5) is 24.3. The molecule has 6 heteroatoms. The Bertz CT molecular complexity index is 783. The number of nitrogens with one attached hydrogen (secondary N) is 2. The summed E-state index contributed by atoms with van der Waals surface area (Å²) >= 11 is 0. The summed E-state index contributed by atoms with van der Waals surface area (Å²) in [6, 6.07) is 9.29. The van der Waals surface area contributed by atoms with Gasteiger partial charge in [0.05, 0.1) is 16.9 Å². The lowest BCUT2D eigenvalue weighted by Gasteiger charge is -2.19. The van der Waals surface area contributed by atoms with E-state index in [1.165, 1.54) is 0 Å². The molecular weight excluding hydrogens is 314 g/mol. The van der Waals surface area contributed by atoms with E-state index in [1.807, 2.05) is 0 Å². The van der Waals surface area contributed by atoms with Crippen LogP contribution in [0.15, 0.2) is 42.5 Å². The third kappa shape index (κ3) is 4.16. The molecule has 0 atom stereocenters. The summed E-state index contributed by atoms with van der Waals surface area (Å²) in [7, 11) is 0. The Labute approximate surface area is 138 Å². The van der Waals surface area contributed by atoms with Gasteiger partial charge in [0, 0.05) is 11.5 Å². The number of para-hydroxylation sites is 2. The maximum atomic E-state index is 13.7. The maximum Gasteiger partial charge on any atom is 0.258 e. The van der Waals surface area contributed by atoms with E-state index in [4.69, 9.17) is 0 Å². The van der Waals surface area contributed by atoms with Crippen LogP contribution < -0.4 is 10.6 Å². The summed E-state index contributed by atoms with van der Waals surface area (Å²) in [6.07, 6.45) is 0. The van der Waals surface area contributed by atoms with E-state index in [1.54, 1.807) is 45.0 Å². The number of hydrogen-bond acceptors (Lipinski definition) is 2. The molecule has 0 aliphatic rings. The number of carbonyl (C=O) groups is 2. The van der Waals surface area contributed by atoms with Crippen LogP contribution in [0.5, 0.6) is 0 Å². The normalized spacial score (nSPS) is 11.0. The second kappa shape index (κ2) is 6.78. The van der Waals surface area contributed by atoms with Crippen molar-refractivity contribution in [3.8, 4) is 0 Å². The van der Waals surface area contributed by atoms with E-state index in [9.17, 15) is 18.4 Å². The molecule has 0 aliphatic heterocycles. The third-order valence-electron chi connectivity index (χ3n) is 3.28. The molecule has 0 heterocycles. The van der Waals surface area contributed by atoms with Crippen molar-refractivity contribution in [1.82, 2.24) is 0 Å². The number of hydrogen-bond donors (Lipinski definition) is 2. The second-order valence-corrected chi connectivity index (χ2v) is 6.33. The van der Waals surface area contributed by atoms with E-state index in [0.717, 1.165) is 12.1 Å². The van der Waals surface area contributed by atoms with Gasteiger partial charge in [0.25, 0.3) is 5.91 Å². The van der Waals surface area contributed by atoms with E-state index < -0.39 is 23.0 Å². The van der Waals surface area contributed by atoms with Gasteiger partial charge in [-0.25, -0.2) is 8.78 Å². The first-order chi connectivity index (χ1) is 11.2. The second-order valence-electron chi connectivity index (χ2n) is 6.33. The fraction of sp³-hybridized carbons (Fsp3) is 0.222. The number of benzene rings is 2. The zero-order valence-corrected chi connectivity index (χ0v) is 13.6. The van der Waals surface area contributed by atoms with E-state index >= 15 is 0 Å². The first-order valence-electron chi connectivity index (χ1n) is 7.35. The van der Waals surface area contributed by atoms with Gasteiger partial charge < -0.3 is 10.6 Å². The Morgan fingerprint density at radius 2 is 1.50 bits per heavy atom. The molecule has 0 spiro atoms. The van der Waals surface area contributed by atoms with Crippen LogP contribution in [0.1, 0.15) is 31.1 Å². The summed E-state index contributed by atoms with van der Waals surface area (Å²) in [5.74, 6) is -2.67. The molecule has 2 N–H and O–H groups in total. The van der Waals surface area contributed by atoms with Crippen LogP contribution >= 0.6 is 0 Å². The zero-order valence-electron chi connectivity index (χ0n) is 13.6. The average molecular weight is 332 g/mol. The molecular formula is C18H18F2N2O2. The molecule has 0 bridgehead atoms. The highest BCUT2D eigenvalue weighted by molar-refractivity contribution is 6.07. The van der Waals surface area contributed by atoms with Gasteiger partial charge >= 0.3 is 0 Å². The number of amides is 2. The number of carbonyl (C=O) groups excluding carboxylic acids is 2. The van der Waals surface area contributed by atoms with E-state index in [2.05, 4.69) is 10.6 Å². The Balaban J connectivity index is 2.24. The minimum absolute atomic E-state index is 0.225. The zero-order chi connectivity index (χ0) is 17.9. The maximum absolute atomic E-state index is 13.7. The van der Waals surface area contributed by atoms with Crippen LogP contribution in [-0.4, -0.2) is 11.8 Å². The highest BCUT2D eigenvalue weighted by Gasteiger charge is 2.22. The highest BCUT2D eigenvalue weighted by atomic mass is 19.1. The summed E-state index contributed by atoms with van der Waals surface area (Å²) in [6.45, 7) is 5.28. The van der Waals surface area contributed by atoms with Crippen LogP contribution in [0.3, 0.4) is 0 Å². The molecule has 2 aromatic carbocycles. The Morgan fingerprint density at radius 3 is 2.04 bits per heavy atom. The predicted octanol–water partition coefficient (Wildman–Crippen LogP) is 4.20. The SMILES string of the molecule is CC(C)(C)C(=O)Nc1ccccc1NC(=O)c1ccc(F)cc1F. The Hall–Kier alpha value is -2.76. The largest absolute Gasteiger partial charge is 0.324 e. The summed E-state index contributed by atoms with van der Waals surface area (Å²) in [5, 5.41) is 5.25. The first kappa shape index (κ1) is 17.6. The van der Waals surface area contributed by atoms with Gasteiger partial charge in [-0.2, -0.15) is 0 Å². The molecule has 2 aromatic rings. The molecule has 0 aromatic heterocycles. The van der Waals surface area contributed by atoms with E-state index in [0.29, 0.717) is 17.4 Å². The van der Waals surface area contributed by atoms with Crippen LogP contribution in [0, 0.1) is 17.0 Å². The molecule has 126 valence electrons. The van der Waals surface area contributed by atoms with Gasteiger partial charge in [-0.1, -0.05) is 32.9 Å². The Kier molecular flexibility index (Phi) is 4.97. The minimum atomic E-state index is -0.955. The standard InChI is InChI=1S/C18H18F2N2O2/c1-18(2,3)17(24)22-15-7-5-4-6-14(15)21-16(23)12-9-8-11(19)10-13(12)20/h4-10H,1-3H3,(H,21,23)(H,22,24). The van der Waals surface area contributed by atoms with Crippen molar-refractivity contribution in [1.29, 1.82) is 0 Å². The van der Waals surface area contributed by atoms with Crippen LogP contribution in [0.2, 0.25) is 0 Å². The Morgan fingerprint density at radius 1 is 0.917 bits per heavy atom. The minimum Gasteiger partial charge on any atom is -0.324 e. The van der Waals surface area contributed by atoms with Crippen molar-refractivity contribution in [2.45, 2.75) is 20.8 Å². The van der Waals surface area contributed by atoms with Crippen molar-refractivity contribution in [3.63, 3.8) is 0 Å². The van der Waals surface area contributed by atoms with Crippen molar-refractivity contribution < 1.29 is 18.4 Å². The van der Waals surface area contributed by atoms with Gasteiger partial charge in [0.15, 0.2) is 0 Å². The smallest absolute Gasteiger partial charge is 0.258 e. The molecule has 0 saturated heterocycles. The number of anilines is 2. The molecule has 0 aliphatic carbocycles. The van der Waals surface area contributed by atoms with E-state index in [-0.39, 0.29) is 11.5 Å². The molecule has 4 nitrogen and oxygen atoms in total. The fourth-order valence-corrected chi connectivity index (χ4v) is 1.87. The van der Waals surface area contributed by atoms with Crippen molar-refractivity contribution in [3.05, 3.63) is 59.7 Å². The van der Waals surface area contributed by atoms with Gasteiger partial charge in [-0.15, -0.1) is 0 Å². The molecule has 0 fully saturated rings. The molecule has 2 rings (SSSR count). The summed E-state index contributed by atoms with van der Waals surface area (Å²) < 4.78 is 26.6. The van der Waals surface area contributed by atoms with Gasteiger partial charge in [0.2, 0.25) is 5.91 Å². The number of rotatable bonds is 3. The lowest BCUT2D eigenvalue weighted by molar-refractivity contribution is -0.123. The molecule has 0 saturated carbocycles. The van der Waals surface area contributed by atoms with Crippen molar-refractivity contribution >= 4 is 23.2 Å². The quantitative estimate of drug-likeness (QED) is 0.885. The van der Waals surface area contributed by atoms with Gasteiger partial charge in [0.1, 0.15) is 11.6 Å². The number of halogens is 2. The predicted molar refractivity (Wildman–Crippen MR) is 88.8 cm³/mol. The topological polar surface area (TPSA) is 58.2 Å². The van der Waals surface area contributed by atoms with Crippen LogP contribution in [0.25, 0.3) is 0 Å². The monoisotopic (exact) mass is 332 g/mol. The molecule has 2 amide bonds. The lowest BCUT2D eigenvalue weighted by atomic mass is 9.95.